The van der Waals surface area contributed by atoms with Crippen LogP contribution in [0, 0.1) is 0 Å². The number of hydrogen-bond acceptors (Lipinski definition) is 4. The highest BCUT2D eigenvalue weighted by atomic mass is 35.5. The highest BCUT2D eigenvalue weighted by Gasteiger charge is 2.25. The minimum absolute atomic E-state index is 0.128. The molecule has 0 heterocycles. The number of carbonyl (C=O) groups is 4. The molecule has 2 atom stereocenters. The number of rotatable bonds is 9. The lowest BCUT2D eigenvalue weighted by atomic mass is 9.99. The monoisotopic (exact) mass is 577 g/mol. The summed E-state index contributed by atoms with van der Waals surface area (Å²) in [5.74, 6) is -3.19. The van der Waals surface area contributed by atoms with E-state index in [1.54, 1.807) is 30.3 Å². The van der Waals surface area contributed by atoms with Gasteiger partial charge in [0.25, 0.3) is 17.7 Å². The van der Waals surface area contributed by atoms with E-state index in [1.807, 2.05) is 49.4 Å². The zero-order valence-electron chi connectivity index (χ0n) is 21.3. The van der Waals surface area contributed by atoms with Crippen LogP contribution in [-0.4, -0.2) is 41.4 Å². The van der Waals surface area contributed by atoms with Crippen LogP contribution in [0.25, 0.3) is 10.8 Å². The van der Waals surface area contributed by atoms with E-state index < -0.39 is 29.7 Å². The Kier molecular flexibility index (Phi) is 9.04. The van der Waals surface area contributed by atoms with E-state index in [0.717, 1.165) is 16.3 Å². The van der Waals surface area contributed by atoms with Gasteiger partial charge in [-0.05, 0) is 47.5 Å². The van der Waals surface area contributed by atoms with Crippen LogP contribution in [0.1, 0.15) is 49.6 Å². The Hall–Kier alpha value is -4.40. The molecule has 0 saturated heterocycles. The smallest absolute Gasteiger partial charge is 0.328 e. The van der Waals surface area contributed by atoms with Crippen LogP contribution in [0.4, 0.5) is 0 Å². The summed E-state index contributed by atoms with van der Waals surface area (Å²) in [6.07, 6.45) is 0. The number of aliphatic carboxylic acids is 1. The summed E-state index contributed by atoms with van der Waals surface area (Å²) >= 11 is 12.7. The lowest BCUT2D eigenvalue weighted by molar-refractivity contribution is -0.139. The van der Waals surface area contributed by atoms with Crippen molar-refractivity contribution in [2.75, 3.05) is 6.54 Å². The van der Waals surface area contributed by atoms with Crippen LogP contribution in [0.5, 0.6) is 0 Å². The number of halogens is 2. The van der Waals surface area contributed by atoms with Gasteiger partial charge >= 0.3 is 5.97 Å². The van der Waals surface area contributed by atoms with E-state index in [0.29, 0.717) is 5.56 Å². The number of carboxylic acid groups (broad SMARTS) is 1. The van der Waals surface area contributed by atoms with Crippen LogP contribution in [0.3, 0.4) is 0 Å². The fourth-order valence-corrected chi connectivity index (χ4v) is 4.88. The van der Waals surface area contributed by atoms with Gasteiger partial charge in [-0.25, -0.2) is 4.79 Å². The van der Waals surface area contributed by atoms with Gasteiger partial charge in [-0.2, -0.15) is 0 Å². The first-order valence-electron chi connectivity index (χ1n) is 12.3. The Morgan fingerprint density at radius 1 is 0.750 bits per heavy atom. The lowest BCUT2D eigenvalue weighted by Crippen LogP contribution is -2.48. The largest absolute Gasteiger partial charge is 0.480 e. The second-order valence-corrected chi connectivity index (χ2v) is 9.83. The lowest BCUT2D eigenvalue weighted by Gasteiger charge is -2.18. The second-order valence-electron chi connectivity index (χ2n) is 9.02. The maximum absolute atomic E-state index is 13.0. The predicted molar refractivity (Wildman–Crippen MR) is 154 cm³/mol. The molecule has 0 aliphatic heterocycles. The molecule has 10 heteroatoms. The van der Waals surface area contributed by atoms with Crippen molar-refractivity contribution in [2.45, 2.75) is 19.0 Å². The molecular formula is C30H25Cl2N3O5. The third-order valence-corrected chi connectivity index (χ3v) is 6.87. The summed E-state index contributed by atoms with van der Waals surface area (Å²) in [4.78, 5) is 50.0. The molecule has 4 aromatic rings. The molecule has 0 saturated carbocycles. The van der Waals surface area contributed by atoms with E-state index in [4.69, 9.17) is 23.2 Å². The molecule has 0 aliphatic carbocycles. The van der Waals surface area contributed by atoms with Gasteiger partial charge in [0.1, 0.15) is 6.04 Å². The predicted octanol–water partition coefficient (Wildman–Crippen LogP) is 5.25. The fraction of sp³-hybridized carbons (Fsp3) is 0.133. The van der Waals surface area contributed by atoms with Gasteiger partial charge < -0.3 is 21.1 Å². The fourth-order valence-electron chi connectivity index (χ4n) is 4.22. The molecule has 204 valence electrons. The van der Waals surface area contributed by atoms with E-state index in [9.17, 15) is 24.3 Å². The molecule has 8 nitrogen and oxygen atoms in total. The Balaban J connectivity index is 1.45. The Labute approximate surface area is 240 Å². The molecule has 0 spiro atoms. The van der Waals surface area contributed by atoms with Crippen molar-refractivity contribution >= 4 is 57.7 Å². The maximum atomic E-state index is 13.0. The SMILES string of the molecule is C[C@@H](NC(=O)c1cc(Cl)c(C(=O)N[C@@H](CNC(=O)c2ccccc2)C(=O)O)c(Cl)c1)c1cccc2ccccc12. The average molecular weight is 578 g/mol. The van der Waals surface area contributed by atoms with Crippen molar-refractivity contribution in [1.82, 2.24) is 16.0 Å². The first kappa shape index (κ1) is 28.6. The molecular weight excluding hydrogens is 553 g/mol. The maximum Gasteiger partial charge on any atom is 0.328 e. The Bertz CT molecular complexity index is 1560. The first-order chi connectivity index (χ1) is 19.2. The van der Waals surface area contributed by atoms with Crippen LogP contribution >= 0.6 is 23.2 Å². The Morgan fingerprint density at radius 3 is 2.05 bits per heavy atom. The topological polar surface area (TPSA) is 125 Å². The van der Waals surface area contributed by atoms with Crippen molar-refractivity contribution in [2.24, 2.45) is 0 Å². The molecule has 0 unspecified atom stereocenters. The van der Waals surface area contributed by atoms with Crippen molar-refractivity contribution in [1.29, 1.82) is 0 Å². The van der Waals surface area contributed by atoms with E-state index in [2.05, 4.69) is 16.0 Å². The van der Waals surface area contributed by atoms with E-state index >= 15 is 0 Å². The van der Waals surface area contributed by atoms with Crippen LogP contribution in [-0.2, 0) is 4.79 Å². The van der Waals surface area contributed by atoms with Gasteiger partial charge in [0, 0.05) is 17.7 Å². The van der Waals surface area contributed by atoms with Crippen molar-refractivity contribution < 1.29 is 24.3 Å². The highest BCUT2D eigenvalue weighted by molar-refractivity contribution is 6.40. The zero-order valence-corrected chi connectivity index (χ0v) is 22.8. The zero-order chi connectivity index (χ0) is 28.8. The summed E-state index contributed by atoms with van der Waals surface area (Å²) in [7, 11) is 0. The first-order valence-corrected chi connectivity index (χ1v) is 13.1. The van der Waals surface area contributed by atoms with Crippen molar-refractivity contribution in [3.05, 3.63) is 117 Å². The average Bonchev–Trinajstić information content (AvgIpc) is 2.94. The van der Waals surface area contributed by atoms with Gasteiger partial charge in [-0.3, -0.25) is 14.4 Å². The third-order valence-electron chi connectivity index (χ3n) is 6.27. The quantitative estimate of drug-likeness (QED) is 0.216. The van der Waals surface area contributed by atoms with E-state index in [-0.39, 0.29) is 33.8 Å². The van der Waals surface area contributed by atoms with Crippen LogP contribution < -0.4 is 16.0 Å². The minimum atomic E-state index is -1.46. The van der Waals surface area contributed by atoms with Crippen molar-refractivity contribution in [3.8, 4) is 0 Å². The summed E-state index contributed by atoms with van der Waals surface area (Å²) < 4.78 is 0. The number of carbonyl (C=O) groups excluding carboxylic acids is 3. The number of hydrogen-bond donors (Lipinski definition) is 4. The van der Waals surface area contributed by atoms with E-state index in [1.165, 1.54) is 12.1 Å². The normalized spacial score (nSPS) is 12.3. The highest BCUT2D eigenvalue weighted by Crippen LogP contribution is 2.28. The molecule has 3 amide bonds. The van der Waals surface area contributed by atoms with Gasteiger partial charge in [-0.15, -0.1) is 0 Å². The number of fused-ring (bicyclic) bond motifs is 1. The summed E-state index contributed by atoms with van der Waals surface area (Å²) in [5.41, 5.74) is 1.21. The second kappa shape index (κ2) is 12.6. The number of amides is 3. The summed E-state index contributed by atoms with van der Waals surface area (Å²) in [6, 6.07) is 22.7. The third kappa shape index (κ3) is 6.59. The van der Waals surface area contributed by atoms with Crippen LogP contribution in [0.2, 0.25) is 10.0 Å². The van der Waals surface area contributed by atoms with Gasteiger partial charge in [0.2, 0.25) is 0 Å². The van der Waals surface area contributed by atoms with Crippen LogP contribution in [0.15, 0.2) is 84.9 Å². The van der Waals surface area contributed by atoms with Gasteiger partial charge in [-0.1, -0.05) is 83.9 Å². The summed E-state index contributed by atoms with van der Waals surface area (Å²) in [5, 5.41) is 19.1. The minimum Gasteiger partial charge on any atom is -0.480 e. The van der Waals surface area contributed by atoms with Crippen molar-refractivity contribution in [3.63, 3.8) is 0 Å². The molecule has 0 aromatic heterocycles. The molecule has 4 rings (SSSR count). The van der Waals surface area contributed by atoms with Gasteiger partial charge in [0.15, 0.2) is 0 Å². The summed E-state index contributed by atoms with van der Waals surface area (Å²) in [6.45, 7) is 1.48. The number of carboxylic acids is 1. The number of benzene rings is 4. The Morgan fingerprint density at radius 2 is 1.38 bits per heavy atom. The number of nitrogens with one attached hydrogen (secondary N) is 3. The molecule has 4 N–H and O–H groups in total. The molecule has 0 aliphatic rings. The molecule has 0 bridgehead atoms. The molecule has 40 heavy (non-hydrogen) atoms. The molecule has 0 fully saturated rings. The standard InChI is InChI=1S/C30H25Cl2N3O5/c1-17(21-13-7-11-18-8-5-6-12-22(18)21)34-28(37)20-14-23(31)26(24(32)15-20)29(38)35-25(30(39)40)16-33-27(36)19-9-3-2-4-10-19/h2-15,17,25H,16H2,1H3,(H,33,36)(H,34,37)(H,35,38)(H,39,40)/t17-,25+/m1/s1. The van der Waals surface area contributed by atoms with Gasteiger partial charge in [0.05, 0.1) is 21.7 Å². The molecule has 4 aromatic carbocycles. The molecule has 0 radical (unpaired) electrons.